The Kier molecular flexibility index (Phi) is 7.94. The van der Waals surface area contributed by atoms with E-state index >= 15 is 0 Å². The summed E-state index contributed by atoms with van der Waals surface area (Å²) in [5.74, 6) is -0.0141. The van der Waals surface area contributed by atoms with Gasteiger partial charge in [-0.1, -0.05) is 0 Å². The molecule has 0 aromatic carbocycles. The van der Waals surface area contributed by atoms with Gasteiger partial charge in [-0.25, -0.2) is 0 Å². The molecule has 1 aromatic rings. The minimum Gasteiger partial charge on any atom is -0.459 e. The van der Waals surface area contributed by atoms with Crippen LogP contribution in [0.5, 0.6) is 0 Å². The quantitative estimate of drug-likeness (QED) is 0.649. The molecule has 0 bridgehead atoms. The van der Waals surface area contributed by atoms with Gasteiger partial charge in [0.15, 0.2) is 5.76 Å². The predicted octanol–water partition coefficient (Wildman–Crippen LogP) is 0.234. The van der Waals surface area contributed by atoms with Gasteiger partial charge in [0.1, 0.15) is 6.10 Å². The van der Waals surface area contributed by atoms with Gasteiger partial charge in [0.2, 0.25) is 5.91 Å². The number of rotatable bonds is 6. The van der Waals surface area contributed by atoms with Crippen molar-refractivity contribution in [1.82, 2.24) is 16.0 Å². The first-order valence-corrected chi connectivity index (χ1v) is 7.11. The Morgan fingerprint density at radius 3 is 2.77 bits per heavy atom. The van der Waals surface area contributed by atoms with Crippen LogP contribution in [0.1, 0.15) is 22.5 Å². The van der Waals surface area contributed by atoms with E-state index in [2.05, 4.69) is 16.0 Å². The minimum atomic E-state index is -0.417. The van der Waals surface area contributed by atoms with E-state index in [1.54, 1.807) is 6.07 Å². The van der Waals surface area contributed by atoms with Gasteiger partial charge in [0.25, 0.3) is 5.91 Å². The van der Waals surface area contributed by atoms with Gasteiger partial charge in [-0.3, -0.25) is 9.59 Å². The fourth-order valence-corrected chi connectivity index (χ4v) is 2.04. The number of hydrogen-bond acceptors (Lipinski definition) is 5. The molecule has 1 aliphatic rings. The lowest BCUT2D eigenvalue weighted by Gasteiger charge is -2.22. The van der Waals surface area contributed by atoms with Crippen LogP contribution in [-0.4, -0.2) is 50.7 Å². The lowest BCUT2D eigenvalue weighted by atomic mass is 10.2. The monoisotopic (exact) mass is 331 g/mol. The largest absolute Gasteiger partial charge is 0.459 e. The standard InChI is InChI=1S/C14H21N3O4.ClH/c1-10-3-7-21-12(10)14(19)17-5-2-4-16-13(18)11-9-15-6-8-20-11;/h3,7,11,15H,2,4-6,8-9H2,1H3,(H,16,18)(H,17,19);1H. The van der Waals surface area contributed by atoms with Crippen LogP contribution in [0, 0.1) is 6.92 Å². The summed E-state index contributed by atoms with van der Waals surface area (Å²) in [6.07, 6.45) is 1.72. The van der Waals surface area contributed by atoms with Gasteiger partial charge in [0, 0.05) is 31.7 Å². The molecule has 7 nitrogen and oxygen atoms in total. The van der Waals surface area contributed by atoms with Crippen LogP contribution in [0.15, 0.2) is 16.7 Å². The number of carbonyl (C=O) groups is 2. The highest BCUT2D eigenvalue weighted by Gasteiger charge is 2.20. The van der Waals surface area contributed by atoms with Crippen LogP contribution in [0.3, 0.4) is 0 Å². The number of carbonyl (C=O) groups excluding carboxylic acids is 2. The maximum absolute atomic E-state index is 11.8. The van der Waals surface area contributed by atoms with Gasteiger partial charge < -0.3 is 25.1 Å². The molecule has 0 spiro atoms. The highest BCUT2D eigenvalue weighted by atomic mass is 35.5. The molecule has 1 atom stereocenters. The third kappa shape index (κ3) is 5.32. The van der Waals surface area contributed by atoms with Crippen LogP contribution < -0.4 is 16.0 Å². The second kappa shape index (κ2) is 9.45. The van der Waals surface area contributed by atoms with E-state index in [1.165, 1.54) is 6.26 Å². The Hall–Kier alpha value is -1.57. The van der Waals surface area contributed by atoms with Crippen LogP contribution in [0.2, 0.25) is 0 Å². The number of amides is 2. The van der Waals surface area contributed by atoms with Crippen LogP contribution in [0.25, 0.3) is 0 Å². The molecule has 124 valence electrons. The van der Waals surface area contributed by atoms with Crippen molar-refractivity contribution < 1.29 is 18.7 Å². The topological polar surface area (TPSA) is 92.6 Å². The summed E-state index contributed by atoms with van der Waals surface area (Å²) in [6, 6.07) is 1.74. The molecule has 0 aliphatic carbocycles. The van der Waals surface area contributed by atoms with Crippen molar-refractivity contribution in [2.45, 2.75) is 19.4 Å². The summed E-state index contributed by atoms with van der Waals surface area (Å²) in [5, 5.41) is 8.65. The van der Waals surface area contributed by atoms with Gasteiger partial charge in [0.05, 0.1) is 12.9 Å². The smallest absolute Gasteiger partial charge is 0.287 e. The number of morpholine rings is 1. The van der Waals surface area contributed by atoms with Crippen LogP contribution >= 0.6 is 12.4 Å². The molecular weight excluding hydrogens is 310 g/mol. The average molecular weight is 332 g/mol. The number of halogens is 1. The molecule has 22 heavy (non-hydrogen) atoms. The lowest BCUT2D eigenvalue weighted by Crippen LogP contribution is -2.48. The second-order valence-electron chi connectivity index (χ2n) is 4.90. The van der Waals surface area contributed by atoms with E-state index in [4.69, 9.17) is 9.15 Å². The predicted molar refractivity (Wildman–Crippen MR) is 83.3 cm³/mol. The zero-order valence-electron chi connectivity index (χ0n) is 12.5. The summed E-state index contributed by atoms with van der Waals surface area (Å²) in [7, 11) is 0. The van der Waals surface area contributed by atoms with Crippen molar-refractivity contribution in [3.8, 4) is 0 Å². The molecule has 0 saturated carbocycles. The molecule has 0 radical (unpaired) electrons. The summed E-state index contributed by atoms with van der Waals surface area (Å²) in [4.78, 5) is 23.5. The van der Waals surface area contributed by atoms with E-state index in [-0.39, 0.29) is 24.2 Å². The Morgan fingerprint density at radius 2 is 2.14 bits per heavy atom. The van der Waals surface area contributed by atoms with Crippen molar-refractivity contribution >= 4 is 24.2 Å². The molecule has 2 heterocycles. The van der Waals surface area contributed by atoms with Crippen molar-refractivity contribution in [3.63, 3.8) is 0 Å². The highest BCUT2D eigenvalue weighted by Crippen LogP contribution is 2.07. The molecule has 2 amide bonds. The minimum absolute atomic E-state index is 0. The summed E-state index contributed by atoms with van der Waals surface area (Å²) < 4.78 is 10.4. The van der Waals surface area contributed by atoms with E-state index in [0.29, 0.717) is 38.4 Å². The van der Waals surface area contributed by atoms with Gasteiger partial charge in [-0.05, 0) is 19.4 Å². The maximum atomic E-state index is 11.8. The second-order valence-corrected chi connectivity index (χ2v) is 4.90. The number of furan rings is 1. The first kappa shape index (κ1) is 18.5. The first-order valence-electron chi connectivity index (χ1n) is 7.11. The van der Waals surface area contributed by atoms with E-state index in [1.807, 2.05) is 6.92 Å². The Balaban J connectivity index is 0.00000242. The fourth-order valence-electron chi connectivity index (χ4n) is 2.04. The summed E-state index contributed by atoms with van der Waals surface area (Å²) >= 11 is 0. The van der Waals surface area contributed by atoms with Crippen molar-refractivity contribution in [2.24, 2.45) is 0 Å². The third-order valence-corrected chi connectivity index (χ3v) is 3.23. The van der Waals surface area contributed by atoms with Crippen molar-refractivity contribution in [2.75, 3.05) is 32.8 Å². The lowest BCUT2D eigenvalue weighted by molar-refractivity contribution is -0.134. The normalized spacial score (nSPS) is 17.4. The zero-order valence-corrected chi connectivity index (χ0v) is 13.3. The first-order chi connectivity index (χ1) is 10.2. The molecule has 1 aliphatic heterocycles. The van der Waals surface area contributed by atoms with Crippen molar-refractivity contribution in [1.29, 1.82) is 0 Å². The summed E-state index contributed by atoms with van der Waals surface area (Å²) in [6.45, 7) is 4.66. The Bertz CT molecular complexity index is 486. The highest BCUT2D eigenvalue weighted by molar-refractivity contribution is 5.92. The summed E-state index contributed by atoms with van der Waals surface area (Å²) in [5.41, 5.74) is 0.808. The van der Waals surface area contributed by atoms with Crippen LogP contribution in [0.4, 0.5) is 0 Å². The van der Waals surface area contributed by atoms with Gasteiger partial charge in [-0.15, -0.1) is 12.4 Å². The van der Waals surface area contributed by atoms with E-state index < -0.39 is 6.10 Å². The fraction of sp³-hybridized carbons (Fsp3) is 0.571. The average Bonchev–Trinajstić information content (AvgIpc) is 2.93. The third-order valence-electron chi connectivity index (χ3n) is 3.23. The SMILES string of the molecule is Cc1ccoc1C(=O)NCCCNC(=O)C1CNCCO1.Cl. The number of aryl methyl sites for hydroxylation is 1. The molecule has 1 saturated heterocycles. The van der Waals surface area contributed by atoms with Crippen LogP contribution in [-0.2, 0) is 9.53 Å². The van der Waals surface area contributed by atoms with E-state index in [0.717, 1.165) is 12.1 Å². The number of hydrogen-bond donors (Lipinski definition) is 3. The molecule has 8 heteroatoms. The number of ether oxygens (including phenoxy) is 1. The molecule has 1 unspecified atom stereocenters. The maximum Gasteiger partial charge on any atom is 0.287 e. The molecule has 3 N–H and O–H groups in total. The number of nitrogens with one attached hydrogen (secondary N) is 3. The zero-order chi connectivity index (χ0) is 15.1. The molecule has 1 aromatic heterocycles. The van der Waals surface area contributed by atoms with Gasteiger partial charge in [-0.2, -0.15) is 0 Å². The van der Waals surface area contributed by atoms with E-state index in [9.17, 15) is 9.59 Å². The van der Waals surface area contributed by atoms with Gasteiger partial charge >= 0.3 is 0 Å². The molecule has 2 rings (SSSR count). The Labute approximate surface area is 135 Å². The molecular formula is C14H22ClN3O4. The Morgan fingerprint density at radius 1 is 1.36 bits per heavy atom. The molecule has 1 fully saturated rings. The van der Waals surface area contributed by atoms with Crippen molar-refractivity contribution in [3.05, 3.63) is 23.7 Å².